The minimum atomic E-state index is 0.481. The molecule has 0 saturated carbocycles. The Hall–Kier alpha value is -0.520. The smallest absolute Gasteiger partial charge is 0.190 e. The molecule has 1 aliphatic rings. The Bertz CT molecular complexity index is 405. The lowest BCUT2D eigenvalue weighted by atomic mass is 10.00. The van der Waals surface area contributed by atoms with Gasteiger partial charge in [0.1, 0.15) is 11.0 Å². The highest BCUT2D eigenvalue weighted by Crippen LogP contribution is 2.24. The molecule has 18 heavy (non-hydrogen) atoms. The average molecular weight is 287 g/mol. The number of rotatable bonds is 3. The lowest BCUT2D eigenvalue weighted by Gasteiger charge is -2.39. The Balaban J connectivity index is 2.14. The zero-order chi connectivity index (χ0) is 13.1. The second-order valence-electron chi connectivity index (χ2n) is 4.71. The van der Waals surface area contributed by atoms with Gasteiger partial charge in [0.15, 0.2) is 5.16 Å². The second-order valence-corrected chi connectivity index (χ2v) is 5.87. The van der Waals surface area contributed by atoms with Gasteiger partial charge < -0.3 is 5.43 Å². The van der Waals surface area contributed by atoms with Crippen LogP contribution in [0.4, 0.5) is 5.82 Å². The number of nitrogens with one attached hydrogen (secondary N) is 1. The summed E-state index contributed by atoms with van der Waals surface area (Å²) in [6, 6.07) is 2.80. The molecule has 2 heterocycles. The summed E-state index contributed by atoms with van der Waals surface area (Å²) in [7, 11) is 0. The van der Waals surface area contributed by atoms with Gasteiger partial charge >= 0.3 is 0 Å². The Labute approximate surface area is 117 Å². The lowest BCUT2D eigenvalue weighted by Crippen LogP contribution is -2.47. The molecule has 0 amide bonds. The molecule has 1 aliphatic heterocycles. The predicted octanol–water partition coefficient (Wildman–Crippen LogP) is 3.44. The van der Waals surface area contributed by atoms with Crippen LogP contribution in [0, 0.1) is 0 Å². The molecule has 1 fully saturated rings. The van der Waals surface area contributed by atoms with Gasteiger partial charge in [-0.2, -0.15) is 0 Å². The Kier molecular flexibility index (Phi) is 4.70. The molecule has 0 aromatic carbocycles. The number of nitrogens with zero attached hydrogens (tertiary/aromatic N) is 3. The molecular formula is C12H19ClN4S. The summed E-state index contributed by atoms with van der Waals surface area (Å²) in [4.78, 5) is 8.57. The monoisotopic (exact) mass is 286 g/mol. The standard InChI is InChI=1S/C12H19ClN4S/c1-8-5-4-6-9(2)17(8)16-11-7-10(13)14-12(15-11)18-3/h7-9H,4-6H2,1-3H3,(H,14,15,16). The molecule has 1 aromatic rings. The number of anilines is 1. The van der Waals surface area contributed by atoms with Crippen molar-refractivity contribution in [2.24, 2.45) is 0 Å². The van der Waals surface area contributed by atoms with E-state index in [-0.39, 0.29) is 0 Å². The molecule has 100 valence electrons. The van der Waals surface area contributed by atoms with Crippen LogP contribution in [0.15, 0.2) is 11.2 Å². The summed E-state index contributed by atoms with van der Waals surface area (Å²) in [6.45, 7) is 4.47. The molecule has 2 unspecified atom stereocenters. The molecule has 2 atom stereocenters. The van der Waals surface area contributed by atoms with Crippen LogP contribution in [0.3, 0.4) is 0 Å². The van der Waals surface area contributed by atoms with Gasteiger partial charge in [0.2, 0.25) is 0 Å². The zero-order valence-corrected chi connectivity index (χ0v) is 12.6. The molecule has 1 N–H and O–H groups in total. The van der Waals surface area contributed by atoms with E-state index >= 15 is 0 Å². The molecule has 0 spiro atoms. The lowest BCUT2D eigenvalue weighted by molar-refractivity contribution is 0.135. The second kappa shape index (κ2) is 6.08. The summed E-state index contributed by atoms with van der Waals surface area (Å²) in [5.41, 5.74) is 3.38. The van der Waals surface area contributed by atoms with E-state index in [4.69, 9.17) is 11.6 Å². The van der Waals surface area contributed by atoms with Crippen LogP contribution in [-0.4, -0.2) is 33.3 Å². The quantitative estimate of drug-likeness (QED) is 0.524. The summed E-state index contributed by atoms with van der Waals surface area (Å²) < 4.78 is 0. The Morgan fingerprint density at radius 3 is 2.61 bits per heavy atom. The van der Waals surface area contributed by atoms with E-state index < -0.39 is 0 Å². The first-order valence-corrected chi connectivity index (χ1v) is 7.84. The van der Waals surface area contributed by atoms with Crippen molar-refractivity contribution < 1.29 is 0 Å². The van der Waals surface area contributed by atoms with Crippen LogP contribution in [0.2, 0.25) is 5.15 Å². The minimum Gasteiger partial charge on any atom is -0.302 e. The summed E-state index contributed by atoms with van der Waals surface area (Å²) >= 11 is 7.49. The van der Waals surface area contributed by atoms with Crippen LogP contribution in [-0.2, 0) is 0 Å². The minimum absolute atomic E-state index is 0.481. The number of halogens is 1. The number of aromatic nitrogens is 2. The molecule has 1 aromatic heterocycles. The van der Waals surface area contributed by atoms with Crippen LogP contribution in [0.25, 0.3) is 0 Å². The molecule has 0 aliphatic carbocycles. The highest BCUT2D eigenvalue weighted by atomic mass is 35.5. The van der Waals surface area contributed by atoms with Gasteiger partial charge in [-0.05, 0) is 32.9 Å². The third-order valence-corrected chi connectivity index (χ3v) is 4.04. The predicted molar refractivity (Wildman–Crippen MR) is 77.1 cm³/mol. The van der Waals surface area contributed by atoms with E-state index in [0.29, 0.717) is 22.4 Å². The van der Waals surface area contributed by atoms with Crippen LogP contribution >= 0.6 is 23.4 Å². The van der Waals surface area contributed by atoms with Gasteiger partial charge in [0, 0.05) is 18.2 Å². The summed E-state index contributed by atoms with van der Waals surface area (Å²) in [6.07, 6.45) is 5.67. The van der Waals surface area contributed by atoms with Crippen LogP contribution in [0.5, 0.6) is 0 Å². The van der Waals surface area contributed by atoms with Gasteiger partial charge in [-0.3, -0.25) is 0 Å². The van der Waals surface area contributed by atoms with Crippen molar-refractivity contribution >= 4 is 29.2 Å². The van der Waals surface area contributed by atoms with E-state index in [2.05, 4.69) is 34.3 Å². The maximum atomic E-state index is 6.00. The first-order valence-electron chi connectivity index (χ1n) is 6.23. The molecule has 1 saturated heterocycles. The molecule has 0 bridgehead atoms. The van der Waals surface area contributed by atoms with Crippen molar-refractivity contribution in [3.8, 4) is 0 Å². The molecule has 4 nitrogen and oxygen atoms in total. The number of piperidine rings is 1. The maximum Gasteiger partial charge on any atom is 0.190 e. The Morgan fingerprint density at radius 2 is 2.00 bits per heavy atom. The van der Waals surface area contributed by atoms with E-state index in [1.165, 1.54) is 31.0 Å². The van der Waals surface area contributed by atoms with Crippen molar-refractivity contribution in [3.05, 3.63) is 11.2 Å². The van der Waals surface area contributed by atoms with E-state index in [1.807, 2.05) is 6.26 Å². The van der Waals surface area contributed by atoms with E-state index in [1.54, 1.807) is 6.07 Å². The highest BCUT2D eigenvalue weighted by Gasteiger charge is 2.25. The average Bonchev–Trinajstić information content (AvgIpc) is 2.33. The largest absolute Gasteiger partial charge is 0.302 e. The van der Waals surface area contributed by atoms with Crippen LogP contribution < -0.4 is 5.43 Å². The highest BCUT2D eigenvalue weighted by molar-refractivity contribution is 7.98. The first-order chi connectivity index (χ1) is 8.60. The van der Waals surface area contributed by atoms with Gasteiger partial charge in [-0.1, -0.05) is 29.8 Å². The van der Waals surface area contributed by atoms with Crippen molar-refractivity contribution in [2.45, 2.75) is 50.4 Å². The van der Waals surface area contributed by atoms with E-state index in [9.17, 15) is 0 Å². The Morgan fingerprint density at radius 1 is 1.33 bits per heavy atom. The fraction of sp³-hybridized carbons (Fsp3) is 0.667. The number of thioether (sulfide) groups is 1. The maximum absolute atomic E-state index is 6.00. The van der Waals surface area contributed by atoms with Crippen molar-refractivity contribution in [3.63, 3.8) is 0 Å². The van der Waals surface area contributed by atoms with Gasteiger partial charge in [0.25, 0.3) is 0 Å². The summed E-state index contributed by atoms with van der Waals surface area (Å²) in [5, 5.41) is 3.45. The third-order valence-electron chi connectivity index (χ3n) is 3.29. The molecular weight excluding hydrogens is 268 g/mol. The van der Waals surface area contributed by atoms with Gasteiger partial charge in [-0.15, -0.1) is 0 Å². The third kappa shape index (κ3) is 3.28. The van der Waals surface area contributed by atoms with Crippen molar-refractivity contribution in [1.82, 2.24) is 15.0 Å². The van der Waals surface area contributed by atoms with Gasteiger partial charge in [-0.25, -0.2) is 15.0 Å². The first kappa shape index (κ1) is 13.9. The van der Waals surface area contributed by atoms with Crippen LogP contribution in [0.1, 0.15) is 33.1 Å². The van der Waals surface area contributed by atoms with E-state index in [0.717, 1.165) is 5.82 Å². The number of hydrogen-bond donors (Lipinski definition) is 1. The number of hydrazine groups is 1. The fourth-order valence-electron chi connectivity index (χ4n) is 2.32. The molecule has 2 rings (SSSR count). The molecule has 6 heteroatoms. The topological polar surface area (TPSA) is 41.1 Å². The van der Waals surface area contributed by atoms with Crippen molar-refractivity contribution in [2.75, 3.05) is 11.7 Å². The number of hydrogen-bond acceptors (Lipinski definition) is 5. The molecule has 0 radical (unpaired) electrons. The summed E-state index contributed by atoms with van der Waals surface area (Å²) in [5.74, 6) is 0.778. The SMILES string of the molecule is CSc1nc(Cl)cc(NN2C(C)CCCC2C)n1. The normalized spacial score (nSPS) is 25.1. The fourth-order valence-corrected chi connectivity index (χ4v) is 2.93. The zero-order valence-electron chi connectivity index (χ0n) is 11.0. The van der Waals surface area contributed by atoms with Crippen molar-refractivity contribution in [1.29, 1.82) is 0 Å². The van der Waals surface area contributed by atoms with Gasteiger partial charge in [0.05, 0.1) is 0 Å².